The molecule has 0 radical (unpaired) electrons. The maximum Gasteiger partial charge on any atom is 0.252 e. The molecule has 0 aliphatic rings. The number of fused-ring (bicyclic) bond motifs is 1. The van der Waals surface area contributed by atoms with Crippen LogP contribution in [0.3, 0.4) is 0 Å². The highest BCUT2D eigenvalue weighted by Gasteiger charge is 2.14. The molecule has 0 unspecified atom stereocenters. The minimum Gasteiger partial charge on any atom is -0.463 e. The van der Waals surface area contributed by atoms with Crippen LogP contribution in [0, 0.1) is 0 Å². The molecule has 4 aromatic rings. The van der Waals surface area contributed by atoms with Gasteiger partial charge >= 0.3 is 0 Å². The van der Waals surface area contributed by atoms with Crippen molar-refractivity contribution in [1.29, 1.82) is 0 Å². The van der Waals surface area contributed by atoms with E-state index in [1.807, 2.05) is 47.2 Å². The van der Waals surface area contributed by atoms with Gasteiger partial charge in [0, 0.05) is 30.9 Å². The highest BCUT2D eigenvalue weighted by Crippen LogP contribution is 2.25. The number of pyridine rings is 1. The summed E-state index contributed by atoms with van der Waals surface area (Å²) in [6, 6.07) is 13.1. The van der Waals surface area contributed by atoms with Crippen molar-refractivity contribution in [3.8, 4) is 11.5 Å². The molecule has 0 aliphatic heterocycles. The SMILES string of the molecule is O=C(NCCCn1ccnc1)c1cc(-c2ccco2)nc2ccccc12. The average molecular weight is 346 g/mol. The highest BCUT2D eigenvalue weighted by molar-refractivity contribution is 6.07. The van der Waals surface area contributed by atoms with Gasteiger partial charge in [0.1, 0.15) is 5.69 Å². The van der Waals surface area contributed by atoms with E-state index >= 15 is 0 Å². The molecule has 0 atom stereocenters. The van der Waals surface area contributed by atoms with Crippen molar-refractivity contribution >= 4 is 16.8 Å². The number of nitrogens with zero attached hydrogens (tertiary/aromatic N) is 3. The summed E-state index contributed by atoms with van der Waals surface area (Å²) in [7, 11) is 0. The first-order valence-electron chi connectivity index (χ1n) is 8.49. The van der Waals surface area contributed by atoms with E-state index < -0.39 is 0 Å². The van der Waals surface area contributed by atoms with Crippen LogP contribution < -0.4 is 5.32 Å². The number of carbonyl (C=O) groups excluding carboxylic acids is 1. The Morgan fingerprint density at radius 1 is 1.19 bits per heavy atom. The average Bonchev–Trinajstić information content (AvgIpc) is 3.38. The molecule has 1 N–H and O–H groups in total. The lowest BCUT2D eigenvalue weighted by molar-refractivity contribution is 0.0954. The monoisotopic (exact) mass is 346 g/mol. The third-order valence-corrected chi connectivity index (χ3v) is 4.17. The minimum atomic E-state index is -0.109. The second-order valence-corrected chi connectivity index (χ2v) is 5.96. The Balaban J connectivity index is 1.55. The molecule has 6 nitrogen and oxygen atoms in total. The number of furan rings is 1. The normalized spacial score (nSPS) is 10.9. The summed E-state index contributed by atoms with van der Waals surface area (Å²) in [5.41, 5.74) is 2.02. The van der Waals surface area contributed by atoms with Crippen molar-refractivity contribution in [2.75, 3.05) is 6.54 Å². The Hall–Kier alpha value is -3.41. The standard InChI is InChI=1S/C20H18N4O2/c25-20(22-8-4-10-24-11-9-21-14-24)16-13-18(19-7-3-12-26-19)23-17-6-2-1-5-15(16)17/h1-3,5-7,9,11-14H,4,8,10H2,(H,22,25). The highest BCUT2D eigenvalue weighted by atomic mass is 16.3. The summed E-state index contributed by atoms with van der Waals surface area (Å²) in [6.07, 6.45) is 7.86. The molecular formula is C20H18N4O2. The quantitative estimate of drug-likeness (QED) is 0.542. The fraction of sp³-hybridized carbons (Fsp3) is 0.150. The molecule has 26 heavy (non-hydrogen) atoms. The van der Waals surface area contributed by atoms with E-state index in [4.69, 9.17) is 4.42 Å². The van der Waals surface area contributed by atoms with E-state index in [0.29, 0.717) is 23.6 Å². The van der Waals surface area contributed by atoms with E-state index in [1.165, 1.54) is 0 Å². The van der Waals surface area contributed by atoms with Gasteiger partial charge < -0.3 is 14.3 Å². The zero-order valence-corrected chi connectivity index (χ0v) is 14.1. The van der Waals surface area contributed by atoms with Crippen LogP contribution in [-0.2, 0) is 6.54 Å². The molecular weight excluding hydrogens is 328 g/mol. The molecule has 0 spiro atoms. The number of aryl methyl sites for hydroxylation is 1. The number of carbonyl (C=O) groups is 1. The minimum absolute atomic E-state index is 0.109. The van der Waals surface area contributed by atoms with E-state index in [0.717, 1.165) is 23.9 Å². The summed E-state index contributed by atoms with van der Waals surface area (Å²) in [6.45, 7) is 1.40. The Morgan fingerprint density at radius 3 is 2.92 bits per heavy atom. The number of benzene rings is 1. The van der Waals surface area contributed by atoms with Crippen molar-refractivity contribution in [3.63, 3.8) is 0 Å². The predicted octanol–water partition coefficient (Wildman–Crippen LogP) is 3.51. The molecule has 4 rings (SSSR count). The number of rotatable bonds is 6. The van der Waals surface area contributed by atoms with Crippen LogP contribution in [0.2, 0.25) is 0 Å². The summed E-state index contributed by atoms with van der Waals surface area (Å²) < 4.78 is 7.43. The van der Waals surface area contributed by atoms with Crippen LogP contribution in [0.5, 0.6) is 0 Å². The number of aromatic nitrogens is 3. The first kappa shape index (κ1) is 16.1. The number of amides is 1. The summed E-state index contributed by atoms with van der Waals surface area (Å²) >= 11 is 0. The second kappa shape index (κ2) is 7.23. The largest absolute Gasteiger partial charge is 0.463 e. The van der Waals surface area contributed by atoms with E-state index in [9.17, 15) is 4.79 Å². The van der Waals surface area contributed by atoms with E-state index in [2.05, 4.69) is 15.3 Å². The second-order valence-electron chi connectivity index (χ2n) is 5.96. The molecule has 0 saturated carbocycles. The van der Waals surface area contributed by atoms with Gasteiger partial charge in [0.25, 0.3) is 5.91 Å². The van der Waals surface area contributed by atoms with Crippen LogP contribution in [-0.4, -0.2) is 27.0 Å². The molecule has 3 aromatic heterocycles. The number of hydrogen-bond acceptors (Lipinski definition) is 4. The van der Waals surface area contributed by atoms with Crippen LogP contribution in [0.1, 0.15) is 16.8 Å². The molecule has 0 aliphatic carbocycles. The molecule has 130 valence electrons. The van der Waals surface area contributed by atoms with Gasteiger partial charge in [-0.3, -0.25) is 4.79 Å². The van der Waals surface area contributed by atoms with Gasteiger partial charge in [0.15, 0.2) is 5.76 Å². The molecule has 3 heterocycles. The number of nitrogens with one attached hydrogen (secondary N) is 1. The molecule has 1 amide bonds. The van der Waals surface area contributed by atoms with Crippen LogP contribution in [0.4, 0.5) is 0 Å². The lowest BCUT2D eigenvalue weighted by Crippen LogP contribution is -2.25. The van der Waals surface area contributed by atoms with Crippen molar-refractivity contribution < 1.29 is 9.21 Å². The van der Waals surface area contributed by atoms with Gasteiger partial charge in [-0.15, -0.1) is 0 Å². The third-order valence-electron chi connectivity index (χ3n) is 4.17. The van der Waals surface area contributed by atoms with E-state index in [-0.39, 0.29) is 5.91 Å². The fourth-order valence-electron chi connectivity index (χ4n) is 2.89. The smallest absolute Gasteiger partial charge is 0.252 e. The lowest BCUT2D eigenvalue weighted by atomic mass is 10.1. The topological polar surface area (TPSA) is 73.0 Å². The zero-order valence-electron chi connectivity index (χ0n) is 14.1. The van der Waals surface area contributed by atoms with Gasteiger partial charge in [-0.25, -0.2) is 9.97 Å². The van der Waals surface area contributed by atoms with E-state index in [1.54, 1.807) is 24.9 Å². The summed E-state index contributed by atoms with van der Waals surface area (Å²) in [4.78, 5) is 21.4. The maximum atomic E-state index is 12.8. The lowest BCUT2D eigenvalue weighted by Gasteiger charge is -2.10. The van der Waals surface area contributed by atoms with Gasteiger partial charge in [0.2, 0.25) is 0 Å². The molecule has 0 fully saturated rings. The third kappa shape index (κ3) is 3.35. The Morgan fingerprint density at radius 2 is 2.12 bits per heavy atom. The number of hydrogen-bond donors (Lipinski definition) is 1. The maximum absolute atomic E-state index is 12.8. The molecule has 0 saturated heterocycles. The van der Waals surface area contributed by atoms with Crippen LogP contribution >= 0.6 is 0 Å². The van der Waals surface area contributed by atoms with Gasteiger partial charge in [-0.1, -0.05) is 18.2 Å². The number of para-hydroxylation sites is 1. The predicted molar refractivity (Wildman–Crippen MR) is 98.6 cm³/mol. The molecule has 0 bridgehead atoms. The number of imidazole rings is 1. The van der Waals surface area contributed by atoms with Gasteiger partial charge in [-0.05, 0) is 30.7 Å². The molecule has 1 aromatic carbocycles. The first-order valence-corrected chi connectivity index (χ1v) is 8.49. The van der Waals surface area contributed by atoms with Gasteiger partial charge in [-0.2, -0.15) is 0 Å². The Labute approximate surface area is 150 Å². The fourth-order valence-corrected chi connectivity index (χ4v) is 2.89. The van der Waals surface area contributed by atoms with Crippen molar-refractivity contribution in [1.82, 2.24) is 19.9 Å². The summed E-state index contributed by atoms with van der Waals surface area (Å²) in [5.74, 6) is 0.534. The van der Waals surface area contributed by atoms with Crippen molar-refractivity contribution in [2.24, 2.45) is 0 Å². The van der Waals surface area contributed by atoms with Crippen LogP contribution in [0.15, 0.2) is 71.9 Å². The van der Waals surface area contributed by atoms with Crippen LogP contribution in [0.25, 0.3) is 22.4 Å². The first-order chi connectivity index (χ1) is 12.8. The Bertz CT molecular complexity index is 1010. The zero-order chi connectivity index (χ0) is 17.8. The van der Waals surface area contributed by atoms with Crippen molar-refractivity contribution in [2.45, 2.75) is 13.0 Å². The Kier molecular flexibility index (Phi) is 4.47. The van der Waals surface area contributed by atoms with Gasteiger partial charge in [0.05, 0.1) is 23.7 Å². The molecule has 6 heteroatoms. The van der Waals surface area contributed by atoms with Crippen molar-refractivity contribution in [3.05, 3.63) is 73.0 Å². The summed E-state index contributed by atoms with van der Waals surface area (Å²) in [5, 5.41) is 3.82.